The molecule has 3 aromatic rings. The van der Waals surface area contributed by atoms with Crippen molar-refractivity contribution in [3.63, 3.8) is 0 Å². The molecule has 0 bridgehead atoms. The highest BCUT2D eigenvalue weighted by atomic mass is 16.2. The quantitative estimate of drug-likeness (QED) is 0.615. The lowest BCUT2D eigenvalue weighted by atomic mass is 9.94. The molecule has 0 atom stereocenters. The van der Waals surface area contributed by atoms with Crippen LogP contribution >= 0.6 is 0 Å². The summed E-state index contributed by atoms with van der Waals surface area (Å²) >= 11 is 0. The van der Waals surface area contributed by atoms with Crippen LogP contribution < -0.4 is 10.2 Å². The fraction of sp³-hybridized carbons (Fsp3) is 0.379. The Morgan fingerprint density at radius 2 is 1.57 bits per heavy atom. The Bertz CT molecular complexity index is 1220. The minimum Gasteiger partial charge on any atom is -0.369 e. The van der Waals surface area contributed by atoms with E-state index in [0.717, 1.165) is 48.2 Å². The maximum absolute atomic E-state index is 13.2. The average molecular weight is 471 g/mol. The highest BCUT2D eigenvalue weighted by Gasteiger charge is 2.28. The number of likely N-dealkylation sites (N-methyl/N-ethyl adjacent to an activating group) is 1. The highest BCUT2D eigenvalue weighted by molar-refractivity contribution is 6.07. The lowest BCUT2D eigenvalue weighted by Crippen LogP contribution is -2.44. The Hall–Kier alpha value is -3.38. The second-order valence-corrected chi connectivity index (χ2v) is 9.87. The zero-order chi connectivity index (χ0) is 24.4. The van der Waals surface area contributed by atoms with Gasteiger partial charge in [-0.2, -0.15) is 0 Å². The monoisotopic (exact) mass is 470 g/mol. The molecule has 0 radical (unpaired) electrons. The van der Waals surface area contributed by atoms with Crippen molar-refractivity contribution in [3.05, 3.63) is 71.8 Å². The summed E-state index contributed by atoms with van der Waals surface area (Å²) in [5, 5.41) is 5.17. The predicted molar refractivity (Wildman–Crippen MR) is 142 cm³/mol. The topological polar surface area (TPSA) is 55.9 Å². The largest absolute Gasteiger partial charge is 0.369 e. The minimum absolute atomic E-state index is 0.0500. The number of rotatable bonds is 4. The van der Waals surface area contributed by atoms with Crippen LogP contribution in [0.3, 0.4) is 0 Å². The minimum atomic E-state index is -0.0795. The molecular formula is C29H34N4O2. The van der Waals surface area contributed by atoms with Crippen molar-refractivity contribution in [2.75, 3.05) is 56.5 Å². The Balaban J connectivity index is 1.18. The standard InChI is InChI=1S/C29H34N4O2/c1-21-20-24(10-11-27(21)32-18-16-31(2)17-19-32)30-28(34)23-12-14-33(15-13-23)29(35)26-9-5-7-22-6-3-4-8-25(22)26/h3-11,20,23H,12-19H2,1-2H3,(H,30,34). The Kier molecular flexibility index (Phi) is 6.73. The second-order valence-electron chi connectivity index (χ2n) is 9.87. The molecule has 2 aliphatic heterocycles. The van der Waals surface area contributed by atoms with Crippen LogP contribution in [0.25, 0.3) is 10.8 Å². The van der Waals surface area contributed by atoms with E-state index in [4.69, 9.17) is 0 Å². The molecule has 3 aromatic carbocycles. The van der Waals surface area contributed by atoms with E-state index < -0.39 is 0 Å². The van der Waals surface area contributed by atoms with Gasteiger partial charge in [-0.3, -0.25) is 9.59 Å². The second kappa shape index (κ2) is 10.1. The molecule has 0 spiro atoms. The lowest BCUT2D eigenvalue weighted by Gasteiger charge is -2.35. The maximum atomic E-state index is 13.2. The van der Waals surface area contributed by atoms with Crippen molar-refractivity contribution in [2.45, 2.75) is 19.8 Å². The van der Waals surface area contributed by atoms with E-state index in [0.29, 0.717) is 25.9 Å². The van der Waals surface area contributed by atoms with Crippen LogP contribution in [0.5, 0.6) is 0 Å². The first-order chi connectivity index (χ1) is 17.0. The number of benzene rings is 3. The number of piperazine rings is 1. The molecule has 0 aromatic heterocycles. The van der Waals surface area contributed by atoms with Gasteiger partial charge in [0.1, 0.15) is 0 Å². The van der Waals surface area contributed by atoms with Crippen LogP contribution in [0.2, 0.25) is 0 Å². The molecule has 2 amide bonds. The summed E-state index contributed by atoms with van der Waals surface area (Å²) in [6.45, 7) is 7.50. The van der Waals surface area contributed by atoms with Crippen LogP contribution in [0, 0.1) is 12.8 Å². The predicted octanol–water partition coefficient (Wildman–Crippen LogP) is 4.39. The fourth-order valence-electron chi connectivity index (χ4n) is 5.31. The first-order valence-electron chi connectivity index (χ1n) is 12.6. The molecule has 182 valence electrons. The van der Waals surface area contributed by atoms with Crippen molar-refractivity contribution in [1.29, 1.82) is 0 Å². The van der Waals surface area contributed by atoms with E-state index in [1.54, 1.807) is 0 Å². The van der Waals surface area contributed by atoms with Gasteiger partial charge in [0.05, 0.1) is 0 Å². The number of carbonyl (C=O) groups is 2. The SMILES string of the molecule is Cc1cc(NC(=O)C2CCN(C(=O)c3cccc4ccccc34)CC2)ccc1N1CCN(C)CC1. The Morgan fingerprint density at radius 1 is 0.857 bits per heavy atom. The van der Waals surface area contributed by atoms with Gasteiger partial charge in [-0.15, -0.1) is 0 Å². The normalized spacial score (nSPS) is 17.5. The van der Waals surface area contributed by atoms with Crippen molar-refractivity contribution in [3.8, 4) is 0 Å². The van der Waals surface area contributed by atoms with E-state index in [9.17, 15) is 9.59 Å². The summed E-state index contributed by atoms with van der Waals surface area (Å²) in [5.41, 5.74) is 4.01. The number of fused-ring (bicyclic) bond motifs is 1. The third-order valence-corrected chi connectivity index (χ3v) is 7.48. The first-order valence-corrected chi connectivity index (χ1v) is 12.6. The molecule has 2 heterocycles. The molecule has 0 saturated carbocycles. The average Bonchev–Trinajstić information content (AvgIpc) is 2.89. The number of nitrogens with zero attached hydrogens (tertiary/aromatic N) is 3. The molecule has 2 fully saturated rings. The zero-order valence-electron chi connectivity index (χ0n) is 20.7. The summed E-state index contributed by atoms with van der Waals surface area (Å²) in [5.74, 6) is 0.0222. The number of amides is 2. The fourth-order valence-corrected chi connectivity index (χ4v) is 5.31. The first kappa shape index (κ1) is 23.4. The number of likely N-dealkylation sites (tertiary alicyclic amines) is 1. The number of hydrogen-bond acceptors (Lipinski definition) is 4. The van der Waals surface area contributed by atoms with E-state index in [1.807, 2.05) is 53.4 Å². The summed E-state index contributed by atoms with van der Waals surface area (Å²) in [4.78, 5) is 32.9. The number of anilines is 2. The molecule has 6 heteroatoms. The van der Waals surface area contributed by atoms with Gasteiger partial charge in [-0.05, 0) is 67.4 Å². The lowest BCUT2D eigenvalue weighted by molar-refractivity contribution is -0.121. The molecular weight excluding hydrogens is 436 g/mol. The third kappa shape index (κ3) is 5.03. The summed E-state index contributed by atoms with van der Waals surface area (Å²) < 4.78 is 0. The third-order valence-electron chi connectivity index (χ3n) is 7.48. The molecule has 5 rings (SSSR count). The van der Waals surface area contributed by atoms with Gasteiger partial charge in [0, 0.05) is 62.1 Å². The Labute approximate surface area is 207 Å². The summed E-state index contributed by atoms with van der Waals surface area (Å²) in [6, 6.07) is 20.1. The number of carbonyl (C=O) groups excluding carboxylic acids is 2. The molecule has 2 saturated heterocycles. The van der Waals surface area contributed by atoms with Crippen LogP contribution in [0.4, 0.5) is 11.4 Å². The maximum Gasteiger partial charge on any atom is 0.254 e. The molecule has 0 unspecified atom stereocenters. The molecule has 1 N–H and O–H groups in total. The van der Waals surface area contributed by atoms with Gasteiger partial charge >= 0.3 is 0 Å². The van der Waals surface area contributed by atoms with Gasteiger partial charge in [-0.1, -0.05) is 36.4 Å². The Morgan fingerprint density at radius 3 is 2.31 bits per heavy atom. The molecule has 2 aliphatic rings. The summed E-state index contributed by atoms with van der Waals surface area (Å²) in [7, 11) is 2.16. The number of hydrogen-bond donors (Lipinski definition) is 1. The zero-order valence-corrected chi connectivity index (χ0v) is 20.7. The highest BCUT2D eigenvalue weighted by Crippen LogP contribution is 2.27. The van der Waals surface area contributed by atoms with Crippen LogP contribution in [0.1, 0.15) is 28.8 Å². The van der Waals surface area contributed by atoms with E-state index in [1.165, 1.54) is 11.3 Å². The van der Waals surface area contributed by atoms with Gasteiger partial charge < -0.3 is 20.0 Å². The van der Waals surface area contributed by atoms with Crippen LogP contribution in [-0.4, -0.2) is 67.9 Å². The van der Waals surface area contributed by atoms with Crippen molar-refractivity contribution >= 4 is 34.0 Å². The van der Waals surface area contributed by atoms with Gasteiger partial charge in [0.15, 0.2) is 0 Å². The number of aryl methyl sites for hydroxylation is 1. The smallest absolute Gasteiger partial charge is 0.254 e. The van der Waals surface area contributed by atoms with E-state index in [-0.39, 0.29) is 17.7 Å². The van der Waals surface area contributed by atoms with Gasteiger partial charge in [0.25, 0.3) is 5.91 Å². The molecule has 0 aliphatic carbocycles. The van der Waals surface area contributed by atoms with Crippen molar-refractivity contribution < 1.29 is 9.59 Å². The van der Waals surface area contributed by atoms with E-state index >= 15 is 0 Å². The van der Waals surface area contributed by atoms with Crippen LogP contribution in [-0.2, 0) is 4.79 Å². The molecule has 35 heavy (non-hydrogen) atoms. The number of piperidine rings is 1. The van der Waals surface area contributed by atoms with Gasteiger partial charge in [-0.25, -0.2) is 0 Å². The molecule has 6 nitrogen and oxygen atoms in total. The van der Waals surface area contributed by atoms with Crippen molar-refractivity contribution in [2.24, 2.45) is 5.92 Å². The van der Waals surface area contributed by atoms with Gasteiger partial charge in [0.2, 0.25) is 5.91 Å². The summed E-state index contributed by atoms with van der Waals surface area (Å²) in [6.07, 6.45) is 1.36. The van der Waals surface area contributed by atoms with E-state index in [2.05, 4.69) is 41.2 Å². The van der Waals surface area contributed by atoms with Crippen LogP contribution in [0.15, 0.2) is 60.7 Å². The number of nitrogens with one attached hydrogen (secondary N) is 1. The van der Waals surface area contributed by atoms with Crippen molar-refractivity contribution in [1.82, 2.24) is 9.80 Å².